The van der Waals surface area contributed by atoms with Gasteiger partial charge >= 0.3 is 11.9 Å². The van der Waals surface area contributed by atoms with Crippen LogP contribution in [0, 0.1) is 17.8 Å². The van der Waals surface area contributed by atoms with E-state index in [0.717, 1.165) is 80.8 Å². The first-order valence-corrected chi connectivity index (χ1v) is 15.8. The molecule has 2 bridgehead atoms. The Bertz CT molecular complexity index is 1330. The molecule has 0 radical (unpaired) electrons. The SMILES string of the molecule is COC(=O)[C@@H]1C[C@@H]2CN1C(=O)[C@H](C1CCCC1)CC(=O)O[C@@H]1CCC[C@H]1CCC/C=C/c1nc3ccccc3cc1O2. The van der Waals surface area contributed by atoms with E-state index in [1.807, 2.05) is 36.4 Å². The number of nitrogens with zero attached hydrogens (tertiary/aromatic N) is 2. The number of esters is 2. The number of benzene rings is 1. The van der Waals surface area contributed by atoms with Crippen molar-refractivity contribution in [2.24, 2.45) is 17.8 Å². The van der Waals surface area contributed by atoms with Crippen LogP contribution in [0.3, 0.4) is 0 Å². The normalized spacial score (nSPS) is 30.1. The largest absolute Gasteiger partial charge is 0.486 e. The Balaban J connectivity index is 1.35. The van der Waals surface area contributed by atoms with E-state index in [1.54, 1.807) is 4.90 Å². The summed E-state index contributed by atoms with van der Waals surface area (Å²) in [6.07, 6.45) is 13.8. The molecule has 2 aromatic rings. The predicted molar refractivity (Wildman–Crippen MR) is 158 cm³/mol. The van der Waals surface area contributed by atoms with Gasteiger partial charge in [-0.25, -0.2) is 9.78 Å². The smallest absolute Gasteiger partial charge is 0.328 e. The Kier molecular flexibility index (Phi) is 8.77. The van der Waals surface area contributed by atoms with Crippen molar-refractivity contribution in [2.75, 3.05) is 13.7 Å². The van der Waals surface area contributed by atoms with E-state index in [-0.39, 0.29) is 36.9 Å². The number of methoxy groups -OCH3 is 1. The van der Waals surface area contributed by atoms with Gasteiger partial charge in [0.05, 0.1) is 31.5 Å². The molecule has 0 N–H and O–H groups in total. The van der Waals surface area contributed by atoms with Crippen molar-refractivity contribution < 1.29 is 28.6 Å². The van der Waals surface area contributed by atoms with Crippen LogP contribution in [-0.2, 0) is 23.9 Å². The number of aromatic nitrogens is 1. The number of rotatable bonds is 2. The molecule has 1 aromatic heterocycles. The van der Waals surface area contributed by atoms with Crippen molar-refractivity contribution in [3.05, 3.63) is 42.1 Å². The van der Waals surface area contributed by atoms with Crippen LogP contribution in [0.2, 0.25) is 0 Å². The van der Waals surface area contributed by atoms with Crippen LogP contribution in [0.5, 0.6) is 5.75 Å². The van der Waals surface area contributed by atoms with Crippen molar-refractivity contribution in [3.8, 4) is 5.75 Å². The molecular weight excluding hydrogens is 532 g/mol. The van der Waals surface area contributed by atoms with E-state index in [0.29, 0.717) is 18.1 Å². The minimum absolute atomic E-state index is 0.0596. The average molecular weight is 575 g/mol. The summed E-state index contributed by atoms with van der Waals surface area (Å²) in [5.41, 5.74) is 1.63. The molecule has 5 atom stereocenters. The van der Waals surface area contributed by atoms with E-state index in [1.165, 1.54) is 7.11 Å². The van der Waals surface area contributed by atoms with Crippen LogP contribution in [0.4, 0.5) is 0 Å². The molecule has 6 rings (SSSR count). The average Bonchev–Trinajstić information content (AvgIpc) is 3.77. The van der Waals surface area contributed by atoms with Gasteiger partial charge in [0.25, 0.3) is 0 Å². The van der Waals surface area contributed by atoms with Gasteiger partial charge in [-0.2, -0.15) is 0 Å². The first-order valence-electron chi connectivity index (χ1n) is 15.8. The number of para-hydroxylation sites is 1. The highest BCUT2D eigenvalue weighted by molar-refractivity contribution is 5.89. The van der Waals surface area contributed by atoms with E-state index in [4.69, 9.17) is 19.2 Å². The molecular formula is C34H42N2O6. The summed E-state index contributed by atoms with van der Waals surface area (Å²) in [4.78, 5) is 47.0. The second kappa shape index (κ2) is 12.8. The fourth-order valence-corrected chi connectivity index (χ4v) is 7.60. The highest BCUT2D eigenvalue weighted by Gasteiger charge is 2.46. The lowest BCUT2D eigenvalue weighted by Gasteiger charge is -2.30. The third-order valence-electron chi connectivity index (χ3n) is 9.80. The highest BCUT2D eigenvalue weighted by Crippen LogP contribution is 2.38. The number of carbonyl (C=O) groups excluding carboxylic acids is 3. The first-order chi connectivity index (χ1) is 20.5. The molecule has 1 aromatic carbocycles. The molecule has 0 spiro atoms. The van der Waals surface area contributed by atoms with Gasteiger partial charge in [0.15, 0.2) is 0 Å². The maximum absolute atomic E-state index is 14.2. The molecule has 1 saturated heterocycles. The van der Waals surface area contributed by atoms with E-state index in [2.05, 4.69) is 6.08 Å². The molecule has 2 aliphatic heterocycles. The number of pyridine rings is 1. The summed E-state index contributed by atoms with van der Waals surface area (Å²) in [6, 6.07) is 9.18. The molecule has 4 aliphatic rings. The van der Waals surface area contributed by atoms with Gasteiger partial charge in [-0.05, 0) is 81.4 Å². The fraction of sp³-hybridized carbons (Fsp3) is 0.588. The molecule has 0 unspecified atom stereocenters. The molecule has 2 saturated carbocycles. The highest BCUT2D eigenvalue weighted by atomic mass is 16.5. The molecule has 3 heterocycles. The summed E-state index contributed by atoms with van der Waals surface area (Å²) in [5, 5.41) is 0.967. The molecule has 3 fully saturated rings. The zero-order valence-electron chi connectivity index (χ0n) is 24.5. The number of ether oxygens (including phenoxy) is 3. The van der Waals surface area contributed by atoms with Gasteiger partial charge < -0.3 is 19.1 Å². The number of allylic oxidation sites excluding steroid dienone is 1. The van der Waals surface area contributed by atoms with Crippen molar-refractivity contribution in [1.29, 1.82) is 0 Å². The number of carbonyl (C=O) groups is 3. The molecule has 2 aliphatic carbocycles. The molecule has 42 heavy (non-hydrogen) atoms. The van der Waals surface area contributed by atoms with Crippen molar-refractivity contribution in [3.63, 3.8) is 0 Å². The van der Waals surface area contributed by atoms with Crippen LogP contribution < -0.4 is 4.74 Å². The second-order valence-electron chi connectivity index (χ2n) is 12.5. The fourth-order valence-electron chi connectivity index (χ4n) is 7.60. The maximum Gasteiger partial charge on any atom is 0.328 e. The van der Waals surface area contributed by atoms with Crippen LogP contribution in [0.25, 0.3) is 17.0 Å². The van der Waals surface area contributed by atoms with Gasteiger partial charge in [-0.15, -0.1) is 0 Å². The Labute approximate surface area is 247 Å². The zero-order chi connectivity index (χ0) is 29.1. The van der Waals surface area contributed by atoms with Crippen LogP contribution >= 0.6 is 0 Å². The molecule has 8 nitrogen and oxygen atoms in total. The summed E-state index contributed by atoms with van der Waals surface area (Å²) in [6.45, 7) is 0.248. The zero-order valence-corrected chi connectivity index (χ0v) is 24.5. The summed E-state index contributed by atoms with van der Waals surface area (Å²) >= 11 is 0. The molecule has 8 heteroatoms. The van der Waals surface area contributed by atoms with Gasteiger partial charge in [0.1, 0.15) is 29.7 Å². The van der Waals surface area contributed by atoms with Crippen molar-refractivity contribution in [2.45, 2.75) is 95.3 Å². The Hall–Kier alpha value is -3.42. The Morgan fingerprint density at radius 1 is 0.976 bits per heavy atom. The van der Waals surface area contributed by atoms with Gasteiger partial charge in [-0.1, -0.05) is 37.1 Å². The predicted octanol–water partition coefficient (Wildman–Crippen LogP) is 5.86. The molecule has 224 valence electrons. The minimum atomic E-state index is -0.763. The summed E-state index contributed by atoms with van der Waals surface area (Å²) in [5.74, 6) is -0.324. The third-order valence-corrected chi connectivity index (χ3v) is 9.80. The lowest BCUT2D eigenvalue weighted by molar-refractivity contribution is -0.158. The molecule has 1 amide bonds. The topological polar surface area (TPSA) is 95.0 Å². The monoisotopic (exact) mass is 574 g/mol. The summed E-state index contributed by atoms with van der Waals surface area (Å²) in [7, 11) is 1.35. The van der Waals surface area contributed by atoms with Crippen LogP contribution in [0.15, 0.2) is 36.4 Å². The summed E-state index contributed by atoms with van der Waals surface area (Å²) < 4.78 is 17.7. The Morgan fingerprint density at radius 3 is 2.60 bits per heavy atom. The second-order valence-corrected chi connectivity index (χ2v) is 12.5. The Morgan fingerprint density at radius 2 is 1.76 bits per heavy atom. The number of hydrogen-bond acceptors (Lipinski definition) is 7. The van der Waals surface area contributed by atoms with Gasteiger partial charge in [-0.3, -0.25) is 9.59 Å². The van der Waals surface area contributed by atoms with E-state index >= 15 is 0 Å². The number of fused-ring (bicyclic) bond motifs is 5. The van der Waals surface area contributed by atoms with Crippen molar-refractivity contribution in [1.82, 2.24) is 9.88 Å². The van der Waals surface area contributed by atoms with E-state index < -0.39 is 24.0 Å². The van der Waals surface area contributed by atoms with Crippen LogP contribution in [-0.4, -0.2) is 59.6 Å². The lowest BCUT2D eigenvalue weighted by atomic mass is 9.86. The minimum Gasteiger partial charge on any atom is -0.486 e. The van der Waals surface area contributed by atoms with Crippen LogP contribution in [0.1, 0.15) is 82.7 Å². The first kappa shape index (κ1) is 28.7. The lowest BCUT2D eigenvalue weighted by Crippen LogP contribution is -2.46. The maximum atomic E-state index is 14.2. The quantitative estimate of drug-likeness (QED) is 0.415. The number of hydrogen-bond donors (Lipinski definition) is 0. The standard InChI is InChI=1S/C34H42N2O6/c1-40-34(39)29-19-25-21-36(29)33(38)26(22-10-5-6-11-22)20-32(37)42-30-17-9-14-23(30)12-3-2-4-16-28-31(41-25)18-24-13-7-8-15-27(24)35-28/h4,7-8,13,15-16,18,22-23,25-26,29-30H,2-3,5-6,9-12,14,17,19-21H2,1H3/b16-4+/t23-,25-,26+,29+,30-/m1/s1. The van der Waals surface area contributed by atoms with Gasteiger partial charge in [0, 0.05) is 11.8 Å². The van der Waals surface area contributed by atoms with E-state index in [9.17, 15) is 14.4 Å². The third kappa shape index (κ3) is 6.18. The van der Waals surface area contributed by atoms with Crippen molar-refractivity contribution >= 4 is 34.8 Å². The van der Waals surface area contributed by atoms with Gasteiger partial charge in [0.2, 0.25) is 5.91 Å². The number of amides is 1.